The zero-order valence-corrected chi connectivity index (χ0v) is 11.3. The van der Waals surface area contributed by atoms with E-state index in [1.165, 1.54) is 6.07 Å². The van der Waals surface area contributed by atoms with Crippen molar-refractivity contribution in [2.24, 2.45) is 16.5 Å². The molecule has 0 unspecified atom stereocenters. The lowest BCUT2D eigenvalue weighted by Crippen LogP contribution is -2.24. The van der Waals surface area contributed by atoms with E-state index in [0.29, 0.717) is 5.56 Å². The van der Waals surface area contributed by atoms with Crippen LogP contribution in [0.5, 0.6) is 0 Å². The van der Waals surface area contributed by atoms with Gasteiger partial charge >= 0.3 is 6.18 Å². The second-order valence-electron chi connectivity index (χ2n) is 5.16. The van der Waals surface area contributed by atoms with Gasteiger partial charge in [0, 0.05) is 5.56 Å². The van der Waals surface area contributed by atoms with E-state index in [9.17, 15) is 18.0 Å². The maximum Gasteiger partial charge on any atom is 0.416 e. The zero-order valence-electron chi connectivity index (χ0n) is 11.3. The maximum absolute atomic E-state index is 13.0. The van der Waals surface area contributed by atoms with E-state index >= 15 is 0 Å². The minimum atomic E-state index is -4.51. The first-order valence-electron chi connectivity index (χ1n) is 6.63. The van der Waals surface area contributed by atoms with Crippen molar-refractivity contribution in [3.8, 4) is 0 Å². The molecule has 1 fully saturated rings. The Kier molecular flexibility index (Phi) is 4.20. The molecule has 0 radical (unpaired) electrons. The van der Waals surface area contributed by atoms with Gasteiger partial charge in [0.25, 0.3) is 5.91 Å². The molecule has 1 saturated carbocycles. The van der Waals surface area contributed by atoms with Crippen LogP contribution in [0.3, 0.4) is 0 Å². The highest BCUT2D eigenvalue weighted by Crippen LogP contribution is 2.38. The zero-order chi connectivity index (χ0) is 15.6. The number of carbonyl (C=O) groups excluding carboxylic acids is 1. The Hall–Kier alpha value is -2.05. The van der Waals surface area contributed by atoms with E-state index in [0.717, 1.165) is 37.8 Å². The van der Waals surface area contributed by atoms with Crippen molar-refractivity contribution in [1.82, 2.24) is 0 Å². The third kappa shape index (κ3) is 3.74. The molecule has 1 aromatic rings. The average Bonchev–Trinajstić information content (AvgIpc) is 2.90. The van der Waals surface area contributed by atoms with Crippen molar-refractivity contribution in [2.75, 3.05) is 0 Å². The molecular formula is C14H16F3N3O. The number of hydrogen-bond acceptors (Lipinski definition) is 1. The van der Waals surface area contributed by atoms with Gasteiger partial charge in [-0.25, -0.2) is 0 Å². The molecule has 1 aromatic carbocycles. The molecule has 4 N–H and O–H groups in total. The smallest absolute Gasteiger partial charge is 0.370 e. The van der Waals surface area contributed by atoms with E-state index in [4.69, 9.17) is 11.5 Å². The highest BCUT2D eigenvalue weighted by Gasteiger charge is 2.32. The Balaban J connectivity index is 2.46. The molecule has 0 bridgehead atoms. The summed E-state index contributed by atoms with van der Waals surface area (Å²) in [6.45, 7) is 0. The molecule has 2 rings (SSSR count). The number of hydrogen-bond donors (Lipinski definition) is 2. The number of guanidine groups is 1. The summed E-state index contributed by atoms with van der Waals surface area (Å²) in [5, 5.41) is 0. The highest BCUT2D eigenvalue weighted by molar-refractivity contribution is 6.02. The SMILES string of the molecule is NC(N)=NC(=O)c1cc(C2CCCC2)cc(C(F)(F)F)c1. The summed E-state index contributed by atoms with van der Waals surface area (Å²) < 4.78 is 38.9. The molecule has 1 aliphatic rings. The van der Waals surface area contributed by atoms with Gasteiger partial charge in [0.2, 0.25) is 0 Å². The largest absolute Gasteiger partial charge is 0.416 e. The molecule has 1 amide bonds. The summed E-state index contributed by atoms with van der Waals surface area (Å²) in [5.41, 5.74) is 9.74. The second kappa shape index (κ2) is 5.75. The van der Waals surface area contributed by atoms with Crippen LogP contribution in [0.25, 0.3) is 0 Å². The number of halogens is 3. The Labute approximate surface area is 120 Å². The number of aliphatic imine (C=N–C) groups is 1. The van der Waals surface area contributed by atoms with Gasteiger partial charge in [0.1, 0.15) is 0 Å². The molecule has 7 heteroatoms. The number of alkyl halides is 3. The topological polar surface area (TPSA) is 81.5 Å². The Morgan fingerprint density at radius 2 is 1.76 bits per heavy atom. The number of benzene rings is 1. The number of nitrogens with two attached hydrogens (primary N) is 2. The molecule has 0 aliphatic heterocycles. The highest BCUT2D eigenvalue weighted by atomic mass is 19.4. The van der Waals surface area contributed by atoms with Crippen LogP contribution in [0.15, 0.2) is 23.2 Å². The Morgan fingerprint density at radius 1 is 1.14 bits per heavy atom. The summed E-state index contributed by atoms with van der Waals surface area (Å²) >= 11 is 0. The molecule has 0 saturated heterocycles. The summed E-state index contributed by atoms with van der Waals surface area (Å²) in [5.74, 6) is -1.28. The fourth-order valence-corrected chi connectivity index (χ4v) is 2.62. The van der Waals surface area contributed by atoms with Crippen LogP contribution in [-0.4, -0.2) is 11.9 Å². The van der Waals surface area contributed by atoms with Crippen molar-refractivity contribution < 1.29 is 18.0 Å². The molecule has 0 aromatic heterocycles. The molecule has 0 atom stereocenters. The first-order chi connectivity index (χ1) is 9.77. The summed E-state index contributed by atoms with van der Waals surface area (Å²) in [6, 6.07) is 3.36. The van der Waals surface area contributed by atoms with Gasteiger partial charge in [0.15, 0.2) is 5.96 Å². The van der Waals surface area contributed by atoms with Gasteiger partial charge in [0.05, 0.1) is 5.56 Å². The van der Waals surface area contributed by atoms with Crippen LogP contribution in [0.1, 0.15) is 53.1 Å². The van der Waals surface area contributed by atoms with Gasteiger partial charge in [-0.05, 0) is 42.5 Å². The van der Waals surface area contributed by atoms with E-state index < -0.39 is 23.6 Å². The minimum Gasteiger partial charge on any atom is -0.370 e. The first-order valence-corrected chi connectivity index (χ1v) is 6.63. The van der Waals surface area contributed by atoms with Gasteiger partial charge in [-0.1, -0.05) is 12.8 Å². The Bertz CT molecular complexity index is 571. The van der Waals surface area contributed by atoms with Crippen molar-refractivity contribution >= 4 is 11.9 Å². The van der Waals surface area contributed by atoms with Crippen LogP contribution in [0.2, 0.25) is 0 Å². The van der Waals surface area contributed by atoms with Gasteiger partial charge in [-0.2, -0.15) is 18.2 Å². The lowest BCUT2D eigenvalue weighted by atomic mass is 9.93. The summed E-state index contributed by atoms with van der Waals surface area (Å²) in [7, 11) is 0. The average molecular weight is 299 g/mol. The lowest BCUT2D eigenvalue weighted by molar-refractivity contribution is -0.137. The van der Waals surface area contributed by atoms with E-state index in [1.54, 1.807) is 0 Å². The molecule has 1 aliphatic carbocycles. The molecule has 21 heavy (non-hydrogen) atoms. The maximum atomic E-state index is 13.0. The van der Waals surface area contributed by atoms with E-state index in [1.807, 2.05) is 0 Å². The summed E-state index contributed by atoms with van der Waals surface area (Å²) in [6.07, 6.45) is -0.883. The van der Waals surface area contributed by atoms with Crippen molar-refractivity contribution in [1.29, 1.82) is 0 Å². The van der Waals surface area contributed by atoms with Gasteiger partial charge in [-0.3, -0.25) is 4.79 Å². The number of carbonyl (C=O) groups is 1. The minimum absolute atomic E-state index is 0.0538. The predicted molar refractivity (Wildman–Crippen MR) is 72.8 cm³/mol. The van der Waals surface area contributed by atoms with Crippen molar-refractivity contribution in [3.63, 3.8) is 0 Å². The fraction of sp³-hybridized carbons (Fsp3) is 0.429. The number of rotatable bonds is 2. The molecular weight excluding hydrogens is 283 g/mol. The van der Waals surface area contributed by atoms with Crippen molar-refractivity contribution in [2.45, 2.75) is 37.8 Å². The molecule has 4 nitrogen and oxygen atoms in total. The summed E-state index contributed by atoms with van der Waals surface area (Å²) in [4.78, 5) is 15.1. The molecule has 0 heterocycles. The van der Waals surface area contributed by atoms with Crippen molar-refractivity contribution in [3.05, 3.63) is 34.9 Å². The quantitative estimate of drug-likeness (QED) is 0.651. The van der Waals surface area contributed by atoms with Crippen LogP contribution in [0, 0.1) is 0 Å². The van der Waals surface area contributed by atoms with E-state index in [-0.39, 0.29) is 11.5 Å². The van der Waals surface area contributed by atoms with E-state index in [2.05, 4.69) is 4.99 Å². The van der Waals surface area contributed by atoms with Crippen LogP contribution >= 0.6 is 0 Å². The monoisotopic (exact) mass is 299 g/mol. The number of nitrogens with zero attached hydrogens (tertiary/aromatic N) is 1. The second-order valence-corrected chi connectivity index (χ2v) is 5.16. The number of amides is 1. The third-order valence-corrected chi connectivity index (χ3v) is 3.59. The fourth-order valence-electron chi connectivity index (χ4n) is 2.62. The lowest BCUT2D eigenvalue weighted by Gasteiger charge is -2.15. The molecule has 0 spiro atoms. The van der Waals surface area contributed by atoms with Crippen LogP contribution in [-0.2, 0) is 6.18 Å². The molecule has 114 valence electrons. The van der Waals surface area contributed by atoms with Crippen LogP contribution < -0.4 is 11.5 Å². The van der Waals surface area contributed by atoms with Crippen LogP contribution in [0.4, 0.5) is 13.2 Å². The third-order valence-electron chi connectivity index (χ3n) is 3.59. The van der Waals surface area contributed by atoms with Gasteiger partial charge < -0.3 is 11.5 Å². The van der Waals surface area contributed by atoms with Gasteiger partial charge in [-0.15, -0.1) is 0 Å². The normalized spacial score (nSPS) is 16.0. The predicted octanol–water partition coefficient (Wildman–Crippen LogP) is 2.78. The first kappa shape index (κ1) is 15.3. The Morgan fingerprint density at radius 3 is 2.29 bits per heavy atom. The standard InChI is InChI=1S/C14H16F3N3O/c15-14(16,17)11-6-9(8-3-1-2-4-8)5-10(7-11)12(21)20-13(18)19/h5-8H,1-4H2,(H4,18,19,20,21).